The first kappa shape index (κ1) is 21.7. The maximum Gasteiger partial charge on any atom is 0.226 e. The summed E-state index contributed by atoms with van der Waals surface area (Å²) in [4.78, 5) is 34.0. The number of aryl methyl sites for hydroxylation is 2. The van der Waals surface area contributed by atoms with Gasteiger partial charge in [-0.25, -0.2) is 4.98 Å². The van der Waals surface area contributed by atoms with E-state index in [0.717, 1.165) is 30.0 Å². The molecule has 0 spiro atoms. The molecule has 1 aromatic carbocycles. The molecule has 2 amide bonds. The van der Waals surface area contributed by atoms with Gasteiger partial charge in [0.15, 0.2) is 0 Å². The minimum absolute atomic E-state index is 0.0847. The van der Waals surface area contributed by atoms with Crippen LogP contribution in [0.4, 0.5) is 15.8 Å². The quantitative estimate of drug-likeness (QED) is 0.684. The topological polar surface area (TPSA) is 56.8 Å². The highest BCUT2D eigenvalue weighted by molar-refractivity contribution is 5.92. The zero-order valence-corrected chi connectivity index (χ0v) is 17.9. The van der Waals surface area contributed by atoms with Gasteiger partial charge >= 0.3 is 0 Å². The Bertz CT molecular complexity index is 893. The molecule has 0 radical (unpaired) electrons. The summed E-state index contributed by atoms with van der Waals surface area (Å²) >= 11 is 0. The van der Waals surface area contributed by atoms with Crippen molar-refractivity contribution in [3.05, 3.63) is 53.6 Å². The summed E-state index contributed by atoms with van der Waals surface area (Å²) in [6.45, 7) is 6.51. The smallest absolute Gasteiger partial charge is 0.226 e. The molecule has 6 nitrogen and oxygen atoms in total. The molecule has 0 atom stereocenters. The molecule has 0 bridgehead atoms. The van der Waals surface area contributed by atoms with Gasteiger partial charge in [0.2, 0.25) is 17.8 Å². The van der Waals surface area contributed by atoms with Crippen LogP contribution in [-0.4, -0.2) is 54.9 Å². The van der Waals surface area contributed by atoms with Crippen LogP contribution < -0.4 is 9.80 Å². The van der Waals surface area contributed by atoms with Crippen LogP contribution in [0, 0.1) is 12.9 Å². The second kappa shape index (κ2) is 9.69. The third-order valence-electron chi connectivity index (χ3n) is 5.68. The average Bonchev–Trinajstić information content (AvgIpc) is 2.77. The molecule has 1 aliphatic rings. The van der Waals surface area contributed by atoms with E-state index < -0.39 is 5.95 Å². The van der Waals surface area contributed by atoms with Gasteiger partial charge in [-0.15, -0.1) is 0 Å². The molecule has 0 saturated carbocycles. The van der Waals surface area contributed by atoms with Gasteiger partial charge in [0.05, 0.1) is 0 Å². The zero-order valence-electron chi connectivity index (χ0n) is 17.9. The summed E-state index contributed by atoms with van der Waals surface area (Å²) in [6.07, 6.45) is 1.45. The summed E-state index contributed by atoms with van der Waals surface area (Å²) in [5.74, 6) is -0.287. The van der Waals surface area contributed by atoms with E-state index in [1.54, 1.807) is 24.9 Å². The molecule has 1 fully saturated rings. The van der Waals surface area contributed by atoms with Crippen molar-refractivity contribution in [2.24, 2.45) is 0 Å². The molecule has 1 aromatic heterocycles. The number of rotatable bonds is 6. The summed E-state index contributed by atoms with van der Waals surface area (Å²) in [5.41, 5.74) is 3.53. The second-order valence-electron chi connectivity index (χ2n) is 7.57. The van der Waals surface area contributed by atoms with E-state index in [2.05, 4.69) is 9.88 Å². The number of aromatic nitrogens is 1. The van der Waals surface area contributed by atoms with E-state index in [1.807, 2.05) is 36.1 Å². The number of anilines is 2. The Kier molecular flexibility index (Phi) is 7.03. The van der Waals surface area contributed by atoms with Gasteiger partial charge in [0.25, 0.3) is 0 Å². The fraction of sp³-hybridized carbons (Fsp3) is 0.435. The van der Waals surface area contributed by atoms with Gasteiger partial charge in [-0.3, -0.25) is 9.59 Å². The monoisotopic (exact) mass is 412 g/mol. The normalized spacial score (nSPS) is 14.0. The van der Waals surface area contributed by atoms with Crippen LogP contribution in [0.5, 0.6) is 0 Å². The average molecular weight is 413 g/mol. The van der Waals surface area contributed by atoms with Crippen molar-refractivity contribution in [1.82, 2.24) is 9.88 Å². The van der Waals surface area contributed by atoms with E-state index in [1.165, 1.54) is 6.07 Å². The van der Waals surface area contributed by atoms with Gasteiger partial charge in [-0.2, -0.15) is 4.39 Å². The van der Waals surface area contributed by atoms with Crippen LogP contribution in [0.25, 0.3) is 0 Å². The standard InChI is InChI=1S/C23H29FN4O2/c1-4-22(29)26(3)19-7-9-20(10-8-19)27-13-15-28(16-14-27)23(30)12-6-18-5-11-21(24)25-17(18)2/h5,7-11H,4,6,12-16H2,1-3H3. The third-order valence-corrected chi connectivity index (χ3v) is 5.68. The lowest BCUT2D eigenvalue weighted by Gasteiger charge is -2.36. The lowest BCUT2D eigenvalue weighted by Crippen LogP contribution is -2.48. The molecule has 0 unspecified atom stereocenters. The molecule has 7 heteroatoms. The molecule has 0 N–H and O–H groups in total. The highest BCUT2D eigenvalue weighted by Crippen LogP contribution is 2.22. The summed E-state index contributed by atoms with van der Waals surface area (Å²) in [7, 11) is 1.79. The first-order valence-corrected chi connectivity index (χ1v) is 10.4. The third kappa shape index (κ3) is 5.14. The lowest BCUT2D eigenvalue weighted by molar-refractivity contribution is -0.131. The Hall–Kier alpha value is -2.96. The summed E-state index contributed by atoms with van der Waals surface area (Å²) in [6, 6.07) is 11.0. The van der Waals surface area contributed by atoms with E-state index in [9.17, 15) is 14.0 Å². The molecule has 30 heavy (non-hydrogen) atoms. The van der Waals surface area contributed by atoms with E-state index in [0.29, 0.717) is 38.0 Å². The first-order valence-electron chi connectivity index (χ1n) is 10.4. The van der Waals surface area contributed by atoms with Crippen molar-refractivity contribution in [3.63, 3.8) is 0 Å². The van der Waals surface area contributed by atoms with Crippen molar-refractivity contribution in [1.29, 1.82) is 0 Å². The molecular formula is C23H29FN4O2. The summed E-state index contributed by atoms with van der Waals surface area (Å²) < 4.78 is 13.1. The highest BCUT2D eigenvalue weighted by Gasteiger charge is 2.21. The number of carbonyl (C=O) groups is 2. The summed E-state index contributed by atoms with van der Waals surface area (Å²) in [5, 5.41) is 0. The number of pyridine rings is 1. The van der Waals surface area contributed by atoms with E-state index in [4.69, 9.17) is 0 Å². The van der Waals surface area contributed by atoms with Crippen LogP contribution >= 0.6 is 0 Å². The van der Waals surface area contributed by atoms with Gasteiger partial charge in [0.1, 0.15) is 0 Å². The molecule has 1 saturated heterocycles. The number of piperazine rings is 1. The SMILES string of the molecule is CCC(=O)N(C)c1ccc(N2CCN(C(=O)CCc3ccc(F)nc3C)CC2)cc1. The van der Waals surface area contributed by atoms with Crippen molar-refractivity contribution in [2.45, 2.75) is 33.1 Å². The predicted molar refractivity (Wildman–Crippen MR) is 116 cm³/mol. The van der Waals surface area contributed by atoms with Crippen LogP contribution in [0.15, 0.2) is 36.4 Å². The number of hydrogen-bond donors (Lipinski definition) is 0. The Labute approximate surface area is 177 Å². The molecule has 160 valence electrons. The molecule has 2 heterocycles. The van der Waals surface area contributed by atoms with Crippen molar-refractivity contribution in [3.8, 4) is 0 Å². The Morgan fingerprint density at radius 1 is 1.07 bits per heavy atom. The zero-order chi connectivity index (χ0) is 21.7. The van der Waals surface area contributed by atoms with E-state index in [-0.39, 0.29) is 11.8 Å². The van der Waals surface area contributed by atoms with Crippen LogP contribution in [0.1, 0.15) is 31.0 Å². The molecule has 2 aromatic rings. The van der Waals surface area contributed by atoms with Gasteiger partial charge < -0.3 is 14.7 Å². The van der Waals surface area contributed by atoms with Crippen molar-refractivity contribution < 1.29 is 14.0 Å². The number of amides is 2. The fourth-order valence-corrected chi connectivity index (χ4v) is 3.71. The molecule has 1 aliphatic heterocycles. The Morgan fingerprint density at radius 3 is 2.33 bits per heavy atom. The number of halogens is 1. The van der Waals surface area contributed by atoms with Crippen LogP contribution in [-0.2, 0) is 16.0 Å². The molecular weight excluding hydrogens is 383 g/mol. The van der Waals surface area contributed by atoms with Crippen LogP contribution in [0.2, 0.25) is 0 Å². The minimum Gasteiger partial charge on any atom is -0.368 e. The second-order valence-corrected chi connectivity index (χ2v) is 7.57. The largest absolute Gasteiger partial charge is 0.368 e. The first-order chi connectivity index (χ1) is 14.4. The maximum atomic E-state index is 13.1. The van der Waals surface area contributed by atoms with Gasteiger partial charge in [-0.1, -0.05) is 13.0 Å². The van der Waals surface area contributed by atoms with Gasteiger partial charge in [-0.05, 0) is 49.2 Å². The fourth-order valence-electron chi connectivity index (χ4n) is 3.71. The number of carbonyl (C=O) groups excluding carboxylic acids is 2. The van der Waals surface area contributed by atoms with Crippen molar-refractivity contribution >= 4 is 23.2 Å². The number of benzene rings is 1. The molecule has 3 rings (SSSR count). The number of hydrogen-bond acceptors (Lipinski definition) is 4. The van der Waals surface area contributed by atoms with Crippen LogP contribution in [0.3, 0.4) is 0 Å². The highest BCUT2D eigenvalue weighted by atomic mass is 19.1. The van der Waals surface area contributed by atoms with Crippen molar-refractivity contribution in [2.75, 3.05) is 43.0 Å². The predicted octanol–water partition coefficient (Wildman–Crippen LogP) is 3.18. The van der Waals surface area contributed by atoms with E-state index >= 15 is 0 Å². The Balaban J connectivity index is 1.50. The van der Waals surface area contributed by atoms with Gasteiger partial charge in [0, 0.05) is 63.1 Å². The number of nitrogens with zero attached hydrogens (tertiary/aromatic N) is 4. The minimum atomic E-state index is -0.490. The lowest BCUT2D eigenvalue weighted by atomic mass is 10.1. The molecule has 0 aliphatic carbocycles. The maximum absolute atomic E-state index is 13.1. The Morgan fingerprint density at radius 2 is 1.73 bits per heavy atom.